The average Bonchev–Trinajstić information content (AvgIpc) is 2.80. The van der Waals surface area contributed by atoms with Gasteiger partial charge < -0.3 is 9.84 Å². The average molecular weight is 415 g/mol. The van der Waals surface area contributed by atoms with E-state index in [1.54, 1.807) is 13.3 Å². The Morgan fingerprint density at radius 3 is 2.42 bits per heavy atom. The monoisotopic (exact) mass is 414 g/mol. The van der Waals surface area contributed by atoms with Crippen molar-refractivity contribution in [2.45, 2.75) is 31.4 Å². The Bertz CT molecular complexity index is 1020. The van der Waals surface area contributed by atoms with Crippen molar-refractivity contribution in [2.75, 3.05) is 20.2 Å². The molecule has 1 N–H and O–H groups in total. The number of aromatic nitrogens is 1. The molecule has 1 aliphatic carbocycles. The summed E-state index contributed by atoms with van der Waals surface area (Å²) in [5.74, 6) is 1.34. The van der Waals surface area contributed by atoms with E-state index in [-0.39, 0.29) is 11.8 Å². The third-order valence-electron chi connectivity index (χ3n) is 7.12. The van der Waals surface area contributed by atoms with Crippen LogP contribution in [-0.2, 0) is 12.1 Å². The summed E-state index contributed by atoms with van der Waals surface area (Å²) in [6, 6.07) is 22.9. The third-order valence-corrected chi connectivity index (χ3v) is 7.12. The van der Waals surface area contributed by atoms with Crippen molar-refractivity contribution in [3.63, 3.8) is 0 Å². The minimum absolute atomic E-state index is 0.233. The number of benzene rings is 2. The van der Waals surface area contributed by atoms with Crippen LogP contribution < -0.4 is 4.74 Å². The maximum atomic E-state index is 11.7. The Morgan fingerprint density at radius 2 is 1.71 bits per heavy atom. The highest BCUT2D eigenvalue weighted by molar-refractivity contribution is 5.65. The van der Waals surface area contributed by atoms with Gasteiger partial charge in [0.25, 0.3) is 0 Å². The highest BCUT2D eigenvalue weighted by Crippen LogP contribution is 2.48. The first-order valence-electron chi connectivity index (χ1n) is 11.3. The van der Waals surface area contributed by atoms with Crippen molar-refractivity contribution in [2.24, 2.45) is 11.8 Å². The molecule has 2 atom stereocenters. The number of methoxy groups -OCH3 is 1. The lowest BCUT2D eigenvalue weighted by atomic mass is 9.64. The lowest BCUT2D eigenvalue weighted by molar-refractivity contribution is -0.151. The van der Waals surface area contributed by atoms with Gasteiger partial charge in [0.2, 0.25) is 0 Å². The summed E-state index contributed by atoms with van der Waals surface area (Å²) < 4.78 is 5.39. The molecule has 0 spiro atoms. The fraction of sp³-hybridized carbons (Fsp3) is 0.370. The van der Waals surface area contributed by atoms with Gasteiger partial charge in [-0.05, 0) is 59.9 Å². The Labute approximate surface area is 184 Å². The predicted molar refractivity (Wildman–Crippen MR) is 123 cm³/mol. The van der Waals surface area contributed by atoms with Crippen molar-refractivity contribution in [1.82, 2.24) is 9.88 Å². The first-order valence-corrected chi connectivity index (χ1v) is 11.3. The van der Waals surface area contributed by atoms with Crippen LogP contribution in [0.1, 0.15) is 30.5 Å². The molecule has 0 radical (unpaired) electrons. The van der Waals surface area contributed by atoms with Crippen LogP contribution in [0.4, 0.5) is 0 Å². The van der Waals surface area contributed by atoms with Crippen LogP contribution in [0.3, 0.4) is 0 Å². The first kappa shape index (κ1) is 20.2. The summed E-state index contributed by atoms with van der Waals surface area (Å²) in [4.78, 5) is 7.07. The summed E-state index contributed by atoms with van der Waals surface area (Å²) in [6.45, 7) is 2.73. The number of pyridine rings is 1. The molecule has 2 aliphatic rings. The quantitative estimate of drug-likeness (QED) is 0.647. The largest absolute Gasteiger partial charge is 0.497 e. The standard InChI is InChI=1S/C27H30N2O2/c1-31-25-12-5-9-22(16-25)21-8-4-7-20(15-21)17-29-18-23-10-6-11-24(19-29)27(23,30)26-13-2-3-14-28-26/h2-5,7-9,12-16,23-24,30H,6,10-11,17-19H2,1H3/t23-,24-/m0/s1. The zero-order valence-corrected chi connectivity index (χ0v) is 18.1. The molecule has 0 unspecified atom stereocenters. The van der Waals surface area contributed by atoms with Gasteiger partial charge in [0.1, 0.15) is 11.4 Å². The SMILES string of the molecule is COc1cccc(-c2cccc(CN3C[C@@H]4CCC[C@@H](C3)C4(O)c3ccccn3)c2)c1. The normalized spacial score (nSPS) is 25.9. The maximum absolute atomic E-state index is 11.7. The van der Waals surface area contributed by atoms with Gasteiger partial charge >= 0.3 is 0 Å². The molecule has 2 fully saturated rings. The molecule has 5 rings (SSSR count). The summed E-state index contributed by atoms with van der Waals surface area (Å²) in [5.41, 5.74) is 3.74. The molecule has 1 aromatic heterocycles. The van der Waals surface area contributed by atoms with Gasteiger partial charge in [0, 0.05) is 37.7 Å². The Balaban J connectivity index is 1.35. The van der Waals surface area contributed by atoms with E-state index in [9.17, 15) is 5.11 Å². The number of hydrogen-bond acceptors (Lipinski definition) is 4. The van der Waals surface area contributed by atoms with E-state index in [1.807, 2.05) is 30.3 Å². The molecule has 2 bridgehead atoms. The van der Waals surface area contributed by atoms with Gasteiger partial charge in [0.05, 0.1) is 12.8 Å². The van der Waals surface area contributed by atoms with E-state index in [4.69, 9.17) is 4.74 Å². The zero-order valence-electron chi connectivity index (χ0n) is 18.1. The summed E-state index contributed by atoms with van der Waals surface area (Å²) in [6.07, 6.45) is 5.12. The van der Waals surface area contributed by atoms with Crippen LogP contribution >= 0.6 is 0 Å². The number of likely N-dealkylation sites (tertiary alicyclic amines) is 1. The molecule has 4 nitrogen and oxygen atoms in total. The van der Waals surface area contributed by atoms with Crippen LogP contribution in [0.5, 0.6) is 5.75 Å². The Hall–Kier alpha value is -2.69. The second-order valence-electron chi connectivity index (χ2n) is 8.99. The highest BCUT2D eigenvalue weighted by Gasteiger charge is 2.52. The smallest absolute Gasteiger partial charge is 0.119 e. The first-order chi connectivity index (χ1) is 15.2. The maximum Gasteiger partial charge on any atom is 0.119 e. The second-order valence-corrected chi connectivity index (χ2v) is 8.99. The Morgan fingerprint density at radius 1 is 0.968 bits per heavy atom. The minimum Gasteiger partial charge on any atom is -0.497 e. The van der Waals surface area contributed by atoms with Gasteiger partial charge in [-0.3, -0.25) is 9.88 Å². The summed E-state index contributed by atoms with van der Waals surface area (Å²) in [5, 5.41) is 11.7. The van der Waals surface area contributed by atoms with Crippen molar-refractivity contribution in [3.8, 4) is 16.9 Å². The van der Waals surface area contributed by atoms with E-state index in [1.165, 1.54) is 23.1 Å². The molecule has 1 saturated heterocycles. The fourth-order valence-corrected chi connectivity index (χ4v) is 5.60. The number of fused-ring (bicyclic) bond motifs is 2. The molecule has 160 valence electrons. The number of rotatable bonds is 5. The fourth-order valence-electron chi connectivity index (χ4n) is 5.60. The van der Waals surface area contributed by atoms with E-state index in [0.717, 1.165) is 43.9 Å². The van der Waals surface area contributed by atoms with Crippen LogP contribution in [0.15, 0.2) is 72.9 Å². The van der Waals surface area contributed by atoms with Crippen LogP contribution in [0.2, 0.25) is 0 Å². The molecule has 1 aliphatic heterocycles. The molecule has 4 heteroatoms. The summed E-state index contributed by atoms with van der Waals surface area (Å²) >= 11 is 0. The third kappa shape index (κ3) is 3.86. The van der Waals surface area contributed by atoms with Gasteiger partial charge in [-0.1, -0.05) is 42.8 Å². The zero-order chi connectivity index (χ0) is 21.3. The lowest BCUT2D eigenvalue weighted by Crippen LogP contribution is -2.58. The van der Waals surface area contributed by atoms with Crippen LogP contribution in [0.25, 0.3) is 11.1 Å². The van der Waals surface area contributed by atoms with Crippen molar-refractivity contribution < 1.29 is 9.84 Å². The molecule has 31 heavy (non-hydrogen) atoms. The number of piperidine rings is 1. The van der Waals surface area contributed by atoms with Crippen LogP contribution in [-0.4, -0.2) is 35.2 Å². The number of ether oxygens (including phenoxy) is 1. The van der Waals surface area contributed by atoms with Crippen molar-refractivity contribution >= 4 is 0 Å². The molecule has 0 amide bonds. The van der Waals surface area contributed by atoms with E-state index in [0.29, 0.717) is 0 Å². The molecule has 1 saturated carbocycles. The van der Waals surface area contributed by atoms with Gasteiger partial charge in [0.15, 0.2) is 0 Å². The molecule has 2 aromatic carbocycles. The second kappa shape index (κ2) is 8.45. The summed E-state index contributed by atoms with van der Waals surface area (Å²) in [7, 11) is 1.70. The molecule has 2 heterocycles. The molecular weight excluding hydrogens is 384 g/mol. The van der Waals surface area contributed by atoms with E-state index in [2.05, 4.69) is 46.3 Å². The minimum atomic E-state index is -0.793. The van der Waals surface area contributed by atoms with Gasteiger partial charge in [-0.2, -0.15) is 0 Å². The van der Waals surface area contributed by atoms with Crippen molar-refractivity contribution in [1.29, 1.82) is 0 Å². The molecular formula is C27H30N2O2. The van der Waals surface area contributed by atoms with E-state index < -0.39 is 5.60 Å². The van der Waals surface area contributed by atoms with Crippen molar-refractivity contribution in [3.05, 3.63) is 84.2 Å². The van der Waals surface area contributed by atoms with E-state index >= 15 is 0 Å². The number of aliphatic hydroxyl groups is 1. The highest BCUT2D eigenvalue weighted by atomic mass is 16.5. The van der Waals surface area contributed by atoms with Gasteiger partial charge in [-0.15, -0.1) is 0 Å². The Kier molecular flexibility index (Phi) is 5.51. The van der Waals surface area contributed by atoms with Crippen LogP contribution in [0, 0.1) is 11.8 Å². The number of nitrogens with zero attached hydrogens (tertiary/aromatic N) is 2. The predicted octanol–water partition coefficient (Wildman–Crippen LogP) is 4.88. The molecule has 3 aromatic rings. The van der Waals surface area contributed by atoms with Gasteiger partial charge in [-0.25, -0.2) is 0 Å². The number of hydrogen-bond donors (Lipinski definition) is 1. The lowest BCUT2D eigenvalue weighted by Gasteiger charge is -2.52. The topological polar surface area (TPSA) is 45.6 Å².